The first-order valence-electron chi connectivity index (χ1n) is 5.26. The minimum Gasteiger partial charge on any atom is -0.315 e. The Morgan fingerprint density at radius 2 is 2.38 bits per heavy atom. The highest BCUT2D eigenvalue weighted by molar-refractivity contribution is 7.99. The molecule has 0 aromatic heterocycles. The molecule has 13 heavy (non-hydrogen) atoms. The molecule has 0 amide bonds. The molecule has 1 heterocycles. The molecule has 0 radical (unpaired) electrons. The average Bonchev–Trinajstić information content (AvgIpc) is 2.65. The van der Waals surface area contributed by atoms with E-state index in [1.54, 1.807) is 0 Å². The minimum atomic E-state index is 0.670. The molecule has 3 heteroatoms. The van der Waals surface area contributed by atoms with Crippen LogP contribution in [0.3, 0.4) is 0 Å². The van der Waals surface area contributed by atoms with Crippen LogP contribution in [0.15, 0.2) is 0 Å². The van der Waals surface area contributed by atoms with E-state index in [4.69, 9.17) is 0 Å². The maximum Gasteiger partial charge on any atom is 0.0194 e. The van der Waals surface area contributed by atoms with E-state index in [9.17, 15) is 0 Å². The van der Waals surface area contributed by atoms with E-state index in [0.29, 0.717) is 6.04 Å². The zero-order valence-electron chi connectivity index (χ0n) is 9.05. The molecule has 0 saturated carbocycles. The summed E-state index contributed by atoms with van der Waals surface area (Å²) in [5.41, 5.74) is 0. The van der Waals surface area contributed by atoms with Crippen LogP contribution in [0.1, 0.15) is 20.3 Å². The Bertz CT molecular complexity index is 135. The highest BCUT2D eigenvalue weighted by atomic mass is 32.2. The monoisotopic (exact) mass is 202 g/mol. The van der Waals surface area contributed by atoms with Crippen molar-refractivity contribution >= 4 is 11.8 Å². The van der Waals surface area contributed by atoms with Crippen molar-refractivity contribution in [2.24, 2.45) is 0 Å². The van der Waals surface area contributed by atoms with E-state index in [-0.39, 0.29) is 0 Å². The van der Waals surface area contributed by atoms with Crippen LogP contribution < -0.4 is 5.32 Å². The summed E-state index contributed by atoms with van der Waals surface area (Å²) in [6.45, 7) is 6.68. The molecule has 0 aromatic carbocycles. The predicted octanol–water partition coefficient (Wildman–Crippen LogP) is 1.42. The van der Waals surface area contributed by atoms with Crippen LogP contribution in [0.4, 0.5) is 0 Å². The van der Waals surface area contributed by atoms with E-state index in [1.807, 2.05) is 0 Å². The zero-order valence-corrected chi connectivity index (χ0v) is 9.86. The average molecular weight is 202 g/mol. The van der Waals surface area contributed by atoms with Gasteiger partial charge < -0.3 is 5.32 Å². The summed E-state index contributed by atoms with van der Waals surface area (Å²) in [5.74, 6) is 2.68. The molecule has 78 valence electrons. The van der Waals surface area contributed by atoms with Gasteiger partial charge in [-0.3, -0.25) is 4.90 Å². The minimum absolute atomic E-state index is 0.670. The topological polar surface area (TPSA) is 15.3 Å². The number of nitrogens with one attached hydrogen (secondary N) is 1. The number of rotatable bonds is 5. The molecule has 2 nitrogen and oxygen atoms in total. The van der Waals surface area contributed by atoms with Crippen LogP contribution in [0.2, 0.25) is 0 Å². The fraction of sp³-hybridized carbons (Fsp3) is 1.00. The molecule has 1 aliphatic rings. The van der Waals surface area contributed by atoms with E-state index >= 15 is 0 Å². The second-order valence-electron chi connectivity index (χ2n) is 3.84. The van der Waals surface area contributed by atoms with Gasteiger partial charge in [-0.15, -0.1) is 0 Å². The maximum absolute atomic E-state index is 3.40. The molecule has 1 aliphatic heterocycles. The molecule has 0 spiro atoms. The van der Waals surface area contributed by atoms with E-state index in [2.05, 4.69) is 42.9 Å². The Hall–Kier alpha value is 0.270. The van der Waals surface area contributed by atoms with Gasteiger partial charge in [-0.25, -0.2) is 0 Å². The Morgan fingerprint density at radius 3 is 2.92 bits per heavy atom. The molecule has 0 bridgehead atoms. The first-order valence-corrected chi connectivity index (χ1v) is 6.41. The van der Waals surface area contributed by atoms with Gasteiger partial charge in [0.2, 0.25) is 0 Å². The van der Waals surface area contributed by atoms with Gasteiger partial charge in [0, 0.05) is 24.4 Å². The first-order chi connectivity index (χ1) is 6.25. The molecule has 1 fully saturated rings. The predicted molar refractivity (Wildman–Crippen MR) is 61.5 cm³/mol. The fourth-order valence-corrected chi connectivity index (χ4v) is 2.98. The highest BCUT2D eigenvalue weighted by Crippen LogP contribution is 2.22. The second kappa shape index (κ2) is 5.89. The van der Waals surface area contributed by atoms with Crippen LogP contribution in [-0.4, -0.2) is 48.6 Å². The molecule has 2 atom stereocenters. The first kappa shape index (κ1) is 11.3. The van der Waals surface area contributed by atoms with Crippen molar-refractivity contribution in [1.29, 1.82) is 0 Å². The van der Waals surface area contributed by atoms with Gasteiger partial charge in [-0.05, 0) is 32.7 Å². The van der Waals surface area contributed by atoms with Crippen molar-refractivity contribution in [3.8, 4) is 0 Å². The van der Waals surface area contributed by atoms with Crippen molar-refractivity contribution in [2.45, 2.75) is 32.4 Å². The summed E-state index contributed by atoms with van der Waals surface area (Å²) >= 11 is 2.09. The van der Waals surface area contributed by atoms with Crippen molar-refractivity contribution in [2.75, 3.05) is 31.6 Å². The molecule has 1 rings (SSSR count). The van der Waals surface area contributed by atoms with Crippen LogP contribution >= 0.6 is 11.8 Å². The summed E-state index contributed by atoms with van der Waals surface area (Å²) in [6.07, 6.45) is 1.37. The third-order valence-electron chi connectivity index (χ3n) is 2.87. The van der Waals surface area contributed by atoms with Crippen molar-refractivity contribution < 1.29 is 0 Å². The molecular formula is C10H22N2S. The second-order valence-corrected chi connectivity index (χ2v) is 4.99. The van der Waals surface area contributed by atoms with Crippen LogP contribution in [0.25, 0.3) is 0 Å². The normalized spacial score (nSPS) is 25.4. The largest absolute Gasteiger partial charge is 0.315 e. The number of hydrogen-bond donors (Lipinski definition) is 1. The maximum atomic E-state index is 3.40. The lowest BCUT2D eigenvalue weighted by atomic mass is 10.2. The summed E-state index contributed by atoms with van der Waals surface area (Å²) in [6, 6.07) is 1.49. The molecule has 0 aromatic rings. The fourth-order valence-electron chi connectivity index (χ4n) is 1.70. The molecule has 0 aliphatic carbocycles. The zero-order chi connectivity index (χ0) is 9.68. The summed E-state index contributed by atoms with van der Waals surface area (Å²) in [5, 5.41) is 3.40. The smallest absolute Gasteiger partial charge is 0.0194 e. The Morgan fingerprint density at radius 1 is 1.62 bits per heavy atom. The van der Waals surface area contributed by atoms with Gasteiger partial charge in [0.1, 0.15) is 0 Å². The van der Waals surface area contributed by atoms with Gasteiger partial charge in [-0.2, -0.15) is 11.8 Å². The molecule has 1 N–H and O–H groups in total. The standard InChI is InChI=1S/C10H22N2S/c1-4-11-7-9(2)12(3)10-5-6-13-8-10/h9-11H,4-8H2,1-3H3. The lowest BCUT2D eigenvalue weighted by molar-refractivity contribution is 0.196. The third-order valence-corrected chi connectivity index (χ3v) is 4.01. The highest BCUT2D eigenvalue weighted by Gasteiger charge is 2.22. The lowest BCUT2D eigenvalue weighted by Crippen LogP contribution is -2.43. The van der Waals surface area contributed by atoms with Gasteiger partial charge in [-0.1, -0.05) is 6.92 Å². The number of thioether (sulfide) groups is 1. The SMILES string of the molecule is CCNCC(C)N(C)C1CCSC1. The van der Waals surface area contributed by atoms with E-state index in [1.165, 1.54) is 17.9 Å². The number of nitrogens with zero attached hydrogens (tertiary/aromatic N) is 1. The third kappa shape index (κ3) is 3.49. The summed E-state index contributed by atoms with van der Waals surface area (Å²) in [7, 11) is 2.26. The number of hydrogen-bond acceptors (Lipinski definition) is 3. The Kier molecular flexibility index (Phi) is 5.14. The van der Waals surface area contributed by atoms with Gasteiger partial charge in [0.25, 0.3) is 0 Å². The summed E-state index contributed by atoms with van der Waals surface area (Å²) in [4.78, 5) is 2.53. The quantitative estimate of drug-likeness (QED) is 0.726. The van der Waals surface area contributed by atoms with Gasteiger partial charge in [0.05, 0.1) is 0 Å². The van der Waals surface area contributed by atoms with Crippen LogP contribution in [0.5, 0.6) is 0 Å². The number of likely N-dealkylation sites (N-methyl/N-ethyl adjacent to an activating group) is 2. The molecular weight excluding hydrogens is 180 g/mol. The van der Waals surface area contributed by atoms with Gasteiger partial charge in [0.15, 0.2) is 0 Å². The van der Waals surface area contributed by atoms with Crippen molar-refractivity contribution in [3.05, 3.63) is 0 Å². The van der Waals surface area contributed by atoms with Crippen molar-refractivity contribution in [3.63, 3.8) is 0 Å². The lowest BCUT2D eigenvalue weighted by Gasteiger charge is -2.30. The summed E-state index contributed by atoms with van der Waals surface area (Å²) < 4.78 is 0. The van der Waals surface area contributed by atoms with Crippen molar-refractivity contribution in [1.82, 2.24) is 10.2 Å². The molecule has 2 unspecified atom stereocenters. The molecule has 1 saturated heterocycles. The van der Waals surface area contributed by atoms with Gasteiger partial charge >= 0.3 is 0 Å². The van der Waals surface area contributed by atoms with Crippen LogP contribution in [-0.2, 0) is 0 Å². The van der Waals surface area contributed by atoms with Crippen LogP contribution in [0, 0.1) is 0 Å². The Labute approximate surface area is 86.5 Å². The Balaban J connectivity index is 2.23. The van der Waals surface area contributed by atoms with E-state index in [0.717, 1.165) is 19.1 Å². The van der Waals surface area contributed by atoms with E-state index < -0.39 is 0 Å².